The van der Waals surface area contributed by atoms with E-state index in [1.807, 2.05) is 0 Å². The first-order valence-electron chi connectivity index (χ1n) is 6.72. The quantitative estimate of drug-likeness (QED) is 0.850. The van der Waals surface area contributed by atoms with Gasteiger partial charge in [-0.3, -0.25) is 9.48 Å². The zero-order valence-corrected chi connectivity index (χ0v) is 12.9. The maximum Gasteiger partial charge on any atom is 0.261 e. The normalized spacial score (nSPS) is 14.6. The van der Waals surface area contributed by atoms with Crippen molar-refractivity contribution >= 4 is 17.5 Å². The summed E-state index contributed by atoms with van der Waals surface area (Å²) in [6.45, 7) is 1.00. The number of nitrogens with zero attached hydrogens (tertiary/aromatic N) is 4. The molecular weight excluding hydrogens is 308 g/mol. The van der Waals surface area contributed by atoms with Crippen LogP contribution in [0.5, 0.6) is 11.8 Å². The number of halogens is 1. The van der Waals surface area contributed by atoms with Crippen molar-refractivity contribution in [1.29, 1.82) is 0 Å². The molecular formula is C14H15ClN4O3. The zero-order valence-electron chi connectivity index (χ0n) is 12.2. The molecule has 1 aliphatic heterocycles. The van der Waals surface area contributed by atoms with E-state index in [0.29, 0.717) is 35.4 Å². The minimum Gasteiger partial charge on any atom is -0.479 e. The van der Waals surface area contributed by atoms with Gasteiger partial charge in [-0.25, -0.2) is 4.98 Å². The van der Waals surface area contributed by atoms with Crippen molar-refractivity contribution in [3.8, 4) is 11.8 Å². The van der Waals surface area contributed by atoms with Crippen LogP contribution in [0.4, 0.5) is 0 Å². The van der Waals surface area contributed by atoms with Gasteiger partial charge >= 0.3 is 0 Å². The average molecular weight is 323 g/mol. The molecule has 116 valence electrons. The second-order valence-electron chi connectivity index (χ2n) is 4.99. The van der Waals surface area contributed by atoms with E-state index in [4.69, 9.17) is 21.1 Å². The lowest BCUT2D eigenvalue weighted by Gasteiger charge is -2.38. The molecule has 1 saturated heterocycles. The van der Waals surface area contributed by atoms with Crippen molar-refractivity contribution in [3.63, 3.8) is 0 Å². The van der Waals surface area contributed by atoms with E-state index in [1.165, 1.54) is 13.3 Å². The predicted octanol–water partition coefficient (Wildman–Crippen LogP) is 1.38. The highest BCUT2D eigenvalue weighted by Gasteiger charge is 2.35. The van der Waals surface area contributed by atoms with Crippen LogP contribution in [0.2, 0.25) is 5.02 Å². The lowest BCUT2D eigenvalue weighted by molar-refractivity contribution is 0.0158. The SMILES string of the molecule is COc1nn(C)cc1C(=O)N1CC(Oc2ccc(Cl)cn2)C1. The van der Waals surface area contributed by atoms with Gasteiger partial charge in [0.15, 0.2) is 0 Å². The van der Waals surface area contributed by atoms with Gasteiger partial charge in [-0.05, 0) is 6.07 Å². The molecule has 0 atom stereocenters. The number of pyridine rings is 1. The molecule has 3 rings (SSSR count). The maximum absolute atomic E-state index is 12.4. The van der Waals surface area contributed by atoms with Gasteiger partial charge in [0, 0.05) is 25.5 Å². The second-order valence-corrected chi connectivity index (χ2v) is 5.43. The van der Waals surface area contributed by atoms with Crippen LogP contribution in [0, 0.1) is 0 Å². The van der Waals surface area contributed by atoms with Crippen LogP contribution < -0.4 is 9.47 Å². The van der Waals surface area contributed by atoms with Crippen molar-refractivity contribution in [3.05, 3.63) is 35.1 Å². The third kappa shape index (κ3) is 2.85. The van der Waals surface area contributed by atoms with Crippen molar-refractivity contribution < 1.29 is 14.3 Å². The fourth-order valence-electron chi connectivity index (χ4n) is 2.22. The smallest absolute Gasteiger partial charge is 0.261 e. The molecule has 7 nitrogen and oxygen atoms in total. The van der Waals surface area contributed by atoms with E-state index in [0.717, 1.165) is 0 Å². The number of likely N-dealkylation sites (tertiary alicyclic amines) is 1. The fourth-order valence-corrected chi connectivity index (χ4v) is 2.33. The fraction of sp³-hybridized carbons (Fsp3) is 0.357. The van der Waals surface area contributed by atoms with E-state index in [-0.39, 0.29) is 12.0 Å². The highest BCUT2D eigenvalue weighted by Crippen LogP contribution is 2.23. The molecule has 0 bridgehead atoms. The number of carbonyl (C=O) groups is 1. The number of hydrogen-bond acceptors (Lipinski definition) is 5. The number of amides is 1. The minimum atomic E-state index is -0.117. The first-order chi connectivity index (χ1) is 10.6. The largest absolute Gasteiger partial charge is 0.479 e. The van der Waals surface area contributed by atoms with Crippen LogP contribution in [-0.2, 0) is 7.05 Å². The summed E-state index contributed by atoms with van der Waals surface area (Å²) in [4.78, 5) is 18.1. The number of carbonyl (C=O) groups excluding carboxylic acids is 1. The topological polar surface area (TPSA) is 69.5 Å². The van der Waals surface area contributed by atoms with Crippen LogP contribution in [0.1, 0.15) is 10.4 Å². The minimum absolute atomic E-state index is 0.0692. The summed E-state index contributed by atoms with van der Waals surface area (Å²) < 4.78 is 12.3. The maximum atomic E-state index is 12.4. The van der Waals surface area contributed by atoms with Gasteiger partial charge in [0.2, 0.25) is 11.8 Å². The molecule has 0 spiro atoms. The van der Waals surface area contributed by atoms with E-state index in [9.17, 15) is 4.79 Å². The number of hydrogen-bond donors (Lipinski definition) is 0. The lowest BCUT2D eigenvalue weighted by Crippen LogP contribution is -2.56. The number of aromatic nitrogens is 3. The summed E-state index contributed by atoms with van der Waals surface area (Å²) in [6, 6.07) is 3.42. The molecule has 0 unspecified atom stereocenters. The van der Waals surface area contributed by atoms with Crippen molar-refractivity contribution in [2.75, 3.05) is 20.2 Å². The van der Waals surface area contributed by atoms with E-state index in [2.05, 4.69) is 10.1 Å². The van der Waals surface area contributed by atoms with Gasteiger partial charge in [-0.2, -0.15) is 0 Å². The number of methoxy groups -OCH3 is 1. The van der Waals surface area contributed by atoms with Gasteiger partial charge in [0.25, 0.3) is 5.91 Å². The van der Waals surface area contributed by atoms with Gasteiger partial charge in [0.05, 0.1) is 25.2 Å². The molecule has 0 saturated carbocycles. The Morgan fingerprint density at radius 2 is 2.18 bits per heavy atom. The summed E-state index contributed by atoms with van der Waals surface area (Å²) in [5, 5.41) is 4.64. The Morgan fingerprint density at radius 3 is 2.82 bits per heavy atom. The molecule has 1 amide bonds. The highest BCUT2D eigenvalue weighted by molar-refractivity contribution is 6.30. The van der Waals surface area contributed by atoms with E-state index < -0.39 is 0 Å². The molecule has 8 heteroatoms. The molecule has 1 aliphatic rings. The third-order valence-electron chi connectivity index (χ3n) is 3.34. The summed E-state index contributed by atoms with van der Waals surface area (Å²) >= 11 is 5.77. The van der Waals surface area contributed by atoms with Gasteiger partial charge in [-0.1, -0.05) is 11.6 Å². The Morgan fingerprint density at radius 1 is 1.41 bits per heavy atom. The first kappa shape index (κ1) is 14.6. The zero-order chi connectivity index (χ0) is 15.7. The number of ether oxygens (including phenoxy) is 2. The molecule has 2 aromatic rings. The van der Waals surface area contributed by atoms with E-state index >= 15 is 0 Å². The van der Waals surface area contributed by atoms with Gasteiger partial charge in [-0.15, -0.1) is 5.10 Å². The second kappa shape index (κ2) is 5.84. The monoisotopic (exact) mass is 322 g/mol. The third-order valence-corrected chi connectivity index (χ3v) is 3.57. The first-order valence-corrected chi connectivity index (χ1v) is 7.09. The summed E-state index contributed by atoms with van der Waals surface area (Å²) in [5.74, 6) is 0.713. The summed E-state index contributed by atoms with van der Waals surface area (Å²) in [7, 11) is 3.24. The average Bonchev–Trinajstić information content (AvgIpc) is 2.85. The molecule has 0 aromatic carbocycles. The Hall–Kier alpha value is -2.28. The van der Waals surface area contributed by atoms with Crippen LogP contribution >= 0.6 is 11.6 Å². The standard InChI is InChI=1S/C14H15ClN4O3/c1-18-8-11(13(17-18)21-2)14(20)19-6-10(7-19)22-12-4-3-9(15)5-16-12/h3-5,8,10H,6-7H2,1-2H3. The van der Waals surface area contributed by atoms with Crippen molar-refractivity contribution in [2.24, 2.45) is 7.05 Å². The molecule has 2 aromatic heterocycles. The molecule has 1 fully saturated rings. The van der Waals surface area contributed by atoms with Crippen LogP contribution in [0.25, 0.3) is 0 Å². The van der Waals surface area contributed by atoms with Gasteiger partial charge < -0.3 is 14.4 Å². The summed E-state index contributed by atoms with van der Waals surface area (Å²) in [5.41, 5.74) is 0.452. The van der Waals surface area contributed by atoms with Crippen LogP contribution in [0.3, 0.4) is 0 Å². The Labute approximate surface area is 132 Å². The highest BCUT2D eigenvalue weighted by atomic mass is 35.5. The van der Waals surface area contributed by atoms with E-state index in [1.54, 1.807) is 35.0 Å². The predicted molar refractivity (Wildman–Crippen MR) is 79.3 cm³/mol. The van der Waals surface area contributed by atoms with Crippen molar-refractivity contribution in [2.45, 2.75) is 6.10 Å². The van der Waals surface area contributed by atoms with Crippen LogP contribution in [0.15, 0.2) is 24.5 Å². The molecule has 0 radical (unpaired) electrons. The molecule has 3 heterocycles. The Balaban J connectivity index is 1.58. The van der Waals surface area contributed by atoms with Crippen molar-refractivity contribution in [1.82, 2.24) is 19.7 Å². The molecule has 0 aliphatic carbocycles. The van der Waals surface area contributed by atoms with Crippen LogP contribution in [-0.4, -0.2) is 51.9 Å². The summed E-state index contributed by atoms with van der Waals surface area (Å²) in [6.07, 6.45) is 3.11. The molecule has 0 N–H and O–H groups in total. The molecule has 22 heavy (non-hydrogen) atoms. The Kier molecular flexibility index (Phi) is 3.89. The van der Waals surface area contributed by atoms with Gasteiger partial charge in [0.1, 0.15) is 11.7 Å². The number of aryl methyl sites for hydroxylation is 1. The number of rotatable bonds is 4. The lowest BCUT2D eigenvalue weighted by atomic mass is 10.1. The Bertz CT molecular complexity index is 680.